The van der Waals surface area contributed by atoms with E-state index in [0.29, 0.717) is 18.2 Å². The lowest BCUT2D eigenvalue weighted by molar-refractivity contribution is 0.149. The van der Waals surface area contributed by atoms with E-state index in [1.54, 1.807) is 11.9 Å². The molecule has 0 aliphatic carbocycles. The Balaban J connectivity index is 1.91. The van der Waals surface area contributed by atoms with Crippen LogP contribution in [0.4, 0.5) is 5.69 Å². The maximum Gasteiger partial charge on any atom is 0.138 e. The zero-order valence-corrected chi connectivity index (χ0v) is 12.0. The van der Waals surface area contributed by atoms with Gasteiger partial charge in [-0.2, -0.15) is 0 Å². The van der Waals surface area contributed by atoms with Crippen LogP contribution in [0.25, 0.3) is 0 Å². The van der Waals surface area contributed by atoms with E-state index in [4.69, 9.17) is 16.3 Å². The number of hydrogen-bond donors (Lipinski definition) is 1. The summed E-state index contributed by atoms with van der Waals surface area (Å²) in [7, 11) is 4.04. The fourth-order valence-electron chi connectivity index (χ4n) is 1.42. The molecule has 1 aromatic carbocycles. The van der Waals surface area contributed by atoms with Gasteiger partial charge in [0, 0.05) is 11.6 Å². The average molecular weight is 286 g/mol. The number of fused-ring (bicyclic) bond motifs is 1. The first kappa shape index (κ1) is 13.7. The van der Waals surface area contributed by atoms with Gasteiger partial charge in [0.05, 0.1) is 17.2 Å². The van der Waals surface area contributed by atoms with Crippen molar-refractivity contribution in [3.8, 4) is 0 Å². The summed E-state index contributed by atoms with van der Waals surface area (Å²) in [5.74, 6) is 0.827. The Morgan fingerprint density at radius 3 is 3.06 bits per heavy atom. The van der Waals surface area contributed by atoms with E-state index in [-0.39, 0.29) is 0 Å². The van der Waals surface area contributed by atoms with Gasteiger partial charge in [-0.05, 0) is 44.2 Å². The maximum atomic E-state index is 5.95. The van der Waals surface area contributed by atoms with Crippen molar-refractivity contribution < 1.29 is 4.74 Å². The minimum Gasteiger partial charge on any atom is -0.372 e. The second-order valence-corrected chi connectivity index (χ2v) is 5.52. The molecule has 4 nitrogen and oxygen atoms in total. The fourth-order valence-corrected chi connectivity index (χ4v) is 2.27. The van der Waals surface area contributed by atoms with Gasteiger partial charge in [-0.3, -0.25) is 0 Å². The third-order valence-electron chi connectivity index (χ3n) is 2.38. The SMILES string of the molecule is CN(C)CCOCC1=Nc2cc(Cl)ccc2SN1. The molecular weight excluding hydrogens is 270 g/mol. The molecule has 1 aromatic rings. The largest absolute Gasteiger partial charge is 0.372 e. The van der Waals surface area contributed by atoms with E-state index in [0.717, 1.165) is 23.0 Å². The minimum atomic E-state index is 0.493. The lowest BCUT2D eigenvalue weighted by Gasteiger charge is -2.17. The molecule has 1 aliphatic heterocycles. The molecule has 0 fully saturated rings. The van der Waals surface area contributed by atoms with Crippen molar-refractivity contribution in [2.75, 3.05) is 33.9 Å². The molecule has 0 radical (unpaired) electrons. The topological polar surface area (TPSA) is 36.9 Å². The number of amidine groups is 1. The van der Waals surface area contributed by atoms with Crippen molar-refractivity contribution >= 4 is 35.1 Å². The molecule has 18 heavy (non-hydrogen) atoms. The standard InChI is InChI=1S/C12H16ClN3OS/c1-16(2)5-6-17-8-12-14-10-7-9(13)3-4-11(10)18-15-12/h3-4,7H,5-6,8H2,1-2H3,(H,14,15). The van der Waals surface area contributed by atoms with Crippen molar-refractivity contribution in [1.82, 2.24) is 9.62 Å². The Morgan fingerprint density at radius 1 is 1.44 bits per heavy atom. The lowest BCUT2D eigenvalue weighted by Crippen LogP contribution is -2.26. The second-order valence-electron chi connectivity index (χ2n) is 4.23. The van der Waals surface area contributed by atoms with Crippen LogP contribution in [0.15, 0.2) is 28.1 Å². The summed E-state index contributed by atoms with van der Waals surface area (Å²) in [6, 6.07) is 5.69. The Hall–Kier alpha value is -0.750. The van der Waals surface area contributed by atoms with E-state index in [9.17, 15) is 0 Å². The summed E-state index contributed by atoms with van der Waals surface area (Å²) in [5.41, 5.74) is 0.900. The molecule has 0 unspecified atom stereocenters. The minimum absolute atomic E-state index is 0.493. The van der Waals surface area contributed by atoms with Crippen molar-refractivity contribution in [3.63, 3.8) is 0 Å². The van der Waals surface area contributed by atoms with Gasteiger partial charge in [0.1, 0.15) is 12.4 Å². The summed E-state index contributed by atoms with van der Waals surface area (Å²) in [5, 5.41) is 0.702. The Bertz CT molecular complexity index is 451. The van der Waals surface area contributed by atoms with Gasteiger partial charge in [0.2, 0.25) is 0 Å². The third-order valence-corrected chi connectivity index (χ3v) is 3.51. The van der Waals surface area contributed by atoms with Gasteiger partial charge in [0.15, 0.2) is 0 Å². The summed E-state index contributed by atoms with van der Waals surface area (Å²) in [6.07, 6.45) is 0. The van der Waals surface area contributed by atoms with Crippen molar-refractivity contribution in [2.45, 2.75) is 4.90 Å². The molecule has 98 valence electrons. The summed E-state index contributed by atoms with van der Waals surface area (Å²) < 4.78 is 8.72. The number of ether oxygens (including phenoxy) is 1. The number of hydrogen-bond acceptors (Lipinski definition) is 5. The molecule has 0 bridgehead atoms. The normalized spacial score (nSPS) is 14.1. The molecule has 6 heteroatoms. The monoisotopic (exact) mass is 285 g/mol. The van der Waals surface area contributed by atoms with E-state index >= 15 is 0 Å². The molecule has 0 atom stereocenters. The van der Waals surface area contributed by atoms with Gasteiger partial charge in [-0.25, -0.2) is 4.99 Å². The van der Waals surface area contributed by atoms with Crippen LogP contribution in [-0.4, -0.2) is 44.6 Å². The van der Waals surface area contributed by atoms with Crippen LogP contribution in [0.2, 0.25) is 5.02 Å². The highest BCUT2D eigenvalue weighted by molar-refractivity contribution is 7.98. The van der Waals surface area contributed by atoms with Crippen LogP contribution in [0.5, 0.6) is 0 Å². The molecule has 0 spiro atoms. The van der Waals surface area contributed by atoms with Crippen LogP contribution < -0.4 is 4.72 Å². The van der Waals surface area contributed by atoms with E-state index in [1.807, 2.05) is 32.3 Å². The Morgan fingerprint density at radius 2 is 2.28 bits per heavy atom. The predicted molar refractivity (Wildman–Crippen MR) is 76.9 cm³/mol. The molecule has 1 N–H and O–H groups in total. The first-order chi connectivity index (χ1) is 8.65. The molecule has 1 heterocycles. The van der Waals surface area contributed by atoms with Gasteiger partial charge in [-0.15, -0.1) is 0 Å². The lowest BCUT2D eigenvalue weighted by atomic mass is 10.3. The summed E-state index contributed by atoms with van der Waals surface area (Å²) in [6.45, 7) is 2.09. The maximum absolute atomic E-state index is 5.95. The second kappa shape index (κ2) is 6.43. The quantitative estimate of drug-likeness (QED) is 0.666. The van der Waals surface area contributed by atoms with Gasteiger partial charge in [0.25, 0.3) is 0 Å². The number of likely N-dealkylation sites (N-methyl/N-ethyl adjacent to an activating group) is 1. The van der Waals surface area contributed by atoms with E-state index in [1.165, 1.54) is 0 Å². The first-order valence-corrected chi connectivity index (χ1v) is 6.87. The number of halogens is 1. The average Bonchev–Trinajstić information content (AvgIpc) is 2.34. The smallest absolute Gasteiger partial charge is 0.138 e. The molecular formula is C12H16ClN3OS. The van der Waals surface area contributed by atoms with Crippen molar-refractivity contribution in [3.05, 3.63) is 23.2 Å². The zero-order chi connectivity index (χ0) is 13.0. The molecule has 0 amide bonds. The summed E-state index contributed by atoms with van der Waals surface area (Å²) in [4.78, 5) is 7.65. The first-order valence-electron chi connectivity index (χ1n) is 5.67. The molecule has 0 saturated heterocycles. The van der Waals surface area contributed by atoms with Gasteiger partial charge in [-0.1, -0.05) is 11.6 Å². The van der Waals surface area contributed by atoms with Crippen molar-refractivity contribution in [1.29, 1.82) is 0 Å². The highest BCUT2D eigenvalue weighted by Crippen LogP contribution is 2.33. The van der Waals surface area contributed by atoms with Crippen LogP contribution >= 0.6 is 23.5 Å². The van der Waals surface area contributed by atoms with Crippen LogP contribution in [0, 0.1) is 0 Å². The summed E-state index contributed by atoms with van der Waals surface area (Å²) >= 11 is 7.49. The Labute approximate surface area is 116 Å². The molecule has 0 aromatic heterocycles. The predicted octanol–water partition coefficient (Wildman–Crippen LogP) is 2.56. The molecule has 0 saturated carbocycles. The fraction of sp³-hybridized carbons (Fsp3) is 0.417. The van der Waals surface area contributed by atoms with Crippen molar-refractivity contribution in [2.24, 2.45) is 4.99 Å². The van der Waals surface area contributed by atoms with Crippen LogP contribution in [0.1, 0.15) is 0 Å². The Kier molecular flexibility index (Phi) is 4.88. The third kappa shape index (κ3) is 3.88. The van der Waals surface area contributed by atoms with Crippen LogP contribution in [0.3, 0.4) is 0 Å². The van der Waals surface area contributed by atoms with Gasteiger partial charge >= 0.3 is 0 Å². The zero-order valence-electron chi connectivity index (χ0n) is 10.4. The van der Waals surface area contributed by atoms with Crippen LogP contribution in [-0.2, 0) is 4.74 Å². The van der Waals surface area contributed by atoms with E-state index < -0.39 is 0 Å². The number of aliphatic imine (C=N–C) groups is 1. The number of rotatable bonds is 5. The number of nitrogens with one attached hydrogen (secondary N) is 1. The molecule has 2 rings (SSSR count). The number of benzene rings is 1. The number of nitrogens with zero attached hydrogens (tertiary/aromatic N) is 2. The molecule has 1 aliphatic rings. The highest BCUT2D eigenvalue weighted by Gasteiger charge is 2.12. The van der Waals surface area contributed by atoms with Gasteiger partial charge < -0.3 is 14.4 Å². The van der Waals surface area contributed by atoms with E-state index in [2.05, 4.69) is 14.6 Å². The highest BCUT2D eigenvalue weighted by atomic mass is 35.5.